The number of benzene rings is 2. The molecular weight excluding hydrogens is 361 g/mol. The van der Waals surface area contributed by atoms with Crippen LogP contribution in [0.5, 0.6) is 0 Å². The highest BCUT2D eigenvalue weighted by molar-refractivity contribution is 5.91. The van der Waals surface area contributed by atoms with Crippen LogP contribution >= 0.6 is 0 Å². The predicted molar refractivity (Wildman–Crippen MR) is 79.9 cm³/mol. The van der Waals surface area contributed by atoms with Crippen molar-refractivity contribution in [2.75, 3.05) is 6.61 Å². The van der Waals surface area contributed by atoms with Gasteiger partial charge in [0.25, 0.3) is 5.91 Å². The number of hydrogen-bond acceptors (Lipinski definition) is 3. The van der Waals surface area contributed by atoms with Crippen LogP contribution < -0.4 is 5.32 Å². The number of amides is 1. The molecule has 0 radical (unpaired) electrons. The molecule has 0 saturated heterocycles. The zero-order chi connectivity index (χ0) is 19.3. The molecule has 9 heteroatoms. The molecule has 1 N–H and O–H groups in total. The van der Waals surface area contributed by atoms with Crippen molar-refractivity contribution in [2.45, 2.75) is 12.7 Å². The molecule has 4 nitrogen and oxygen atoms in total. The van der Waals surface area contributed by atoms with Gasteiger partial charge in [-0.2, -0.15) is 13.2 Å². The van der Waals surface area contributed by atoms with Crippen LogP contribution in [0.1, 0.15) is 21.5 Å². The maximum absolute atomic E-state index is 13.4. The van der Waals surface area contributed by atoms with E-state index in [1.807, 2.05) is 0 Å². The third-order valence-electron chi connectivity index (χ3n) is 3.25. The zero-order valence-electron chi connectivity index (χ0n) is 13.1. The number of carbonyl (C=O) groups excluding carboxylic acids is 2. The molecule has 2 rings (SSSR count). The summed E-state index contributed by atoms with van der Waals surface area (Å²) in [6.07, 6.45) is -4.46. The molecule has 0 aliphatic carbocycles. The standard InChI is InChI=1S/C17H12F5NO3/c18-12-5-6-14(19)13(7-12)16(25)26-9-15(24)23-8-10-1-3-11(4-2-10)17(20,21)22/h1-7H,8-9H2,(H,23,24). The predicted octanol–water partition coefficient (Wildman–Crippen LogP) is 3.46. The summed E-state index contributed by atoms with van der Waals surface area (Å²) in [6, 6.07) is 6.33. The molecule has 1 amide bonds. The molecule has 138 valence electrons. The number of carbonyl (C=O) groups is 2. The maximum atomic E-state index is 13.4. The van der Waals surface area contributed by atoms with Crippen LogP contribution in [0.15, 0.2) is 42.5 Å². The first kappa shape index (κ1) is 19.4. The summed E-state index contributed by atoms with van der Waals surface area (Å²) >= 11 is 0. The Morgan fingerprint density at radius 1 is 1.00 bits per heavy atom. The highest BCUT2D eigenvalue weighted by atomic mass is 19.4. The van der Waals surface area contributed by atoms with Crippen molar-refractivity contribution < 1.29 is 36.3 Å². The van der Waals surface area contributed by atoms with E-state index in [4.69, 9.17) is 0 Å². The molecule has 0 bridgehead atoms. The van der Waals surface area contributed by atoms with Crippen LogP contribution in [0.4, 0.5) is 22.0 Å². The molecule has 2 aromatic carbocycles. The van der Waals surface area contributed by atoms with Crippen LogP contribution in [0.3, 0.4) is 0 Å². The van der Waals surface area contributed by atoms with Crippen LogP contribution in [-0.2, 0) is 22.3 Å². The third kappa shape index (κ3) is 5.27. The molecule has 0 unspecified atom stereocenters. The van der Waals surface area contributed by atoms with E-state index >= 15 is 0 Å². The molecule has 0 atom stereocenters. The molecule has 2 aromatic rings. The van der Waals surface area contributed by atoms with Gasteiger partial charge in [-0.15, -0.1) is 0 Å². The Morgan fingerprint density at radius 2 is 1.65 bits per heavy atom. The van der Waals surface area contributed by atoms with Crippen LogP contribution in [0.25, 0.3) is 0 Å². The zero-order valence-corrected chi connectivity index (χ0v) is 13.1. The van der Waals surface area contributed by atoms with Gasteiger partial charge in [-0.1, -0.05) is 12.1 Å². The first-order chi connectivity index (χ1) is 12.2. The van der Waals surface area contributed by atoms with Gasteiger partial charge >= 0.3 is 12.1 Å². The van der Waals surface area contributed by atoms with E-state index in [1.165, 1.54) is 12.1 Å². The van der Waals surface area contributed by atoms with Gasteiger partial charge < -0.3 is 10.1 Å². The first-order valence-electron chi connectivity index (χ1n) is 7.22. The Labute approximate surface area is 144 Å². The summed E-state index contributed by atoms with van der Waals surface area (Å²) < 4.78 is 68.3. The lowest BCUT2D eigenvalue weighted by atomic mass is 10.1. The minimum atomic E-state index is -4.46. The molecule has 0 aliphatic rings. The molecule has 0 aromatic heterocycles. The summed E-state index contributed by atoms with van der Waals surface area (Å²) in [4.78, 5) is 23.2. The number of ether oxygens (including phenoxy) is 1. The fourth-order valence-electron chi connectivity index (χ4n) is 1.93. The van der Waals surface area contributed by atoms with E-state index in [2.05, 4.69) is 10.1 Å². The Morgan fingerprint density at radius 3 is 2.27 bits per heavy atom. The van der Waals surface area contributed by atoms with Crippen molar-refractivity contribution in [2.24, 2.45) is 0 Å². The van der Waals surface area contributed by atoms with Crippen molar-refractivity contribution in [3.8, 4) is 0 Å². The molecular formula is C17H12F5NO3. The maximum Gasteiger partial charge on any atom is 0.416 e. The van der Waals surface area contributed by atoms with Gasteiger partial charge in [-0.3, -0.25) is 4.79 Å². The largest absolute Gasteiger partial charge is 0.452 e. The van der Waals surface area contributed by atoms with E-state index in [9.17, 15) is 31.5 Å². The summed E-state index contributed by atoms with van der Waals surface area (Å²) in [5, 5.41) is 2.32. The van der Waals surface area contributed by atoms with E-state index < -0.39 is 47.4 Å². The number of nitrogens with one attached hydrogen (secondary N) is 1. The Bertz CT molecular complexity index is 803. The Hall–Kier alpha value is -2.97. The second-order valence-corrected chi connectivity index (χ2v) is 5.17. The molecule has 0 heterocycles. The van der Waals surface area contributed by atoms with Crippen LogP contribution in [0, 0.1) is 11.6 Å². The molecule has 0 aliphatic heterocycles. The van der Waals surface area contributed by atoms with Crippen molar-refractivity contribution in [3.63, 3.8) is 0 Å². The van der Waals surface area contributed by atoms with Gasteiger partial charge in [-0.25, -0.2) is 13.6 Å². The number of halogens is 5. The lowest BCUT2D eigenvalue weighted by molar-refractivity contribution is -0.137. The summed E-state index contributed by atoms with van der Waals surface area (Å²) in [6.45, 7) is -0.849. The lowest BCUT2D eigenvalue weighted by Crippen LogP contribution is -2.28. The fraction of sp³-hybridized carbons (Fsp3) is 0.176. The van der Waals surface area contributed by atoms with Gasteiger partial charge in [0.05, 0.1) is 11.1 Å². The molecule has 0 saturated carbocycles. The van der Waals surface area contributed by atoms with Crippen LogP contribution in [-0.4, -0.2) is 18.5 Å². The Kier molecular flexibility index (Phi) is 5.91. The van der Waals surface area contributed by atoms with Gasteiger partial charge in [-0.05, 0) is 35.9 Å². The smallest absolute Gasteiger partial charge is 0.416 e. The number of rotatable bonds is 5. The molecule has 0 fully saturated rings. The van der Waals surface area contributed by atoms with Crippen molar-refractivity contribution in [3.05, 3.63) is 70.8 Å². The van der Waals surface area contributed by atoms with E-state index in [1.54, 1.807) is 0 Å². The normalized spacial score (nSPS) is 11.1. The van der Waals surface area contributed by atoms with Crippen molar-refractivity contribution in [1.29, 1.82) is 0 Å². The van der Waals surface area contributed by atoms with Gasteiger partial charge in [0.2, 0.25) is 0 Å². The topological polar surface area (TPSA) is 55.4 Å². The number of hydrogen-bond donors (Lipinski definition) is 1. The van der Waals surface area contributed by atoms with Crippen LogP contribution in [0.2, 0.25) is 0 Å². The SMILES string of the molecule is O=C(COC(=O)c1cc(F)ccc1F)NCc1ccc(C(F)(F)F)cc1. The highest BCUT2D eigenvalue weighted by Crippen LogP contribution is 2.29. The lowest BCUT2D eigenvalue weighted by Gasteiger charge is -2.09. The van der Waals surface area contributed by atoms with E-state index in [0.29, 0.717) is 11.6 Å². The van der Waals surface area contributed by atoms with Gasteiger partial charge in [0.15, 0.2) is 6.61 Å². The second kappa shape index (κ2) is 7.94. The van der Waals surface area contributed by atoms with Crippen molar-refractivity contribution >= 4 is 11.9 Å². The minimum Gasteiger partial charge on any atom is -0.452 e. The van der Waals surface area contributed by atoms with E-state index in [0.717, 1.165) is 24.3 Å². The quantitative estimate of drug-likeness (QED) is 0.645. The number of alkyl halides is 3. The highest BCUT2D eigenvalue weighted by Gasteiger charge is 2.29. The second-order valence-electron chi connectivity index (χ2n) is 5.17. The third-order valence-corrected chi connectivity index (χ3v) is 3.25. The summed E-state index contributed by atoms with van der Waals surface area (Å²) in [5.41, 5.74) is -1.08. The Balaban J connectivity index is 1.83. The first-order valence-corrected chi connectivity index (χ1v) is 7.22. The van der Waals surface area contributed by atoms with Gasteiger partial charge in [0.1, 0.15) is 11.6 Å². The molecule has 0 spiro atoms. The average molecular weight is 373 g/mol. The minimum absolute atomic E-state index is 0.0944. The number of esters is 1. The van der Waals surface area contributed by atoms with E-state index in [-0.39, 0.29) is 6.54 Å². The monoisotopic (exact) mass is 373 g/mol. The summed E-state index contributed by atoms with van der Waals surface area (Å²) in [5.74, 6) is -3.81. The summed E-state index contributed by atoms with van der Waals surface area (Å²) in [7, 11) is 0. The average Bonchev–Trinajstić information content (AvgIpc) is 2.59. The van der Waals surface area contributed by atoms with Gasteiger partial charge in [0, 0.05) is 6.54 Å². The molecule has 26 heavy (non-hydrogen) atoms. The fourth-order valence-corrected chi connectivity index (χ4v) is 1.93. The van der Waals surface area contributed by atoms with Crippen molar-refractivity contribution in [1.82, 2.24) is 5.32 Å².